The van der Waals surface area contributed by atoms with E-state index in [1.54, 1.807) is 0 Å². The van der Waals surface area contributed by atoms with Crippen LogP contribution in [0.1, 0.15) is 13.8 Å². The summed E-state index contributed by atoms with van der Waals surface area (Å²) in [5, 5.41) is 2.50. The largest absolute Gasteiger partial charge is 0.377 e. The van der Waals surface area contributed by atoms with E-state index in [1.807, 2.05) is 13.8 Å². The minimum atomic E-state index is -0.103. The first-order chi connectivity index (χ1) is 6.63. The monoisotopic (exact) mass is 200 g/mol. The summed E-state index contributed by atoms with van der Waals surface area (Å²) in [6.45, 7) is 5.16. The van der Waals surface area contributed by atoms with Crippen LogP contribution < -0.4 is 5.32 Å². The van der Waals surface area contributed by atoms with Crippen molar-refractivity contribution in [3.63, 3.8) is 0 Å². The highest BCUT2D eigenvalue weighted by Gasteiger charge is 2.24. The quantitative estimate of drug-likeness (QED) is 0.657. The maximum Gasteiger partial charge on any atom is 0.242 e. The van der Waals surface area contributed by atoms with E-state index in [1.165, 1.54) is 4.90 Å². The van der Waals surface area contributed by atoms with E-state index in [4.69, 9.17) is 4.74 Å². The van der Waals surface area contributed by atoms with Gasteiger partial charge in [-0.15, -0.1) is 0 Å². The highest BCUT2D eigenvalue weighted by molar-refractivity contribution is 5.92. The van der Waals surface area contributed by atoms with E-state index in [-0.39, 0.29) is 31.0 Å². The summed E-state index contributed by atoms with van der Waals surface area (Å²) in [5.74, 6) is -0.149. The molecule has 1 aliphatic rings. The summed E-state index contributed by atoms with van der Waals surface area (Å²) >= 11 is 0. The number of carbonyl (C=O) groups is 2. The third-order valence-corrected chi connectivity index (χ3v) is 2.05. The van der Waals surface area contributed by atoms with Crippen LogP contribution in [0.25, 0.3) is 0 Å². The molecule has 1 fully saturated rings. The first-order valence-corrected chi connectivity index (χ1v) is 4.79. The maximum absolute atomic E-state index is 11.3. The molecule has 1 N–H and O–H groups in total. The van der Waals surface area contributed by atoms with Gasteiger partial charge in [0.25, 0.3) is 0 Å². The van der Waals surface area contributed by atoms with Crippen molar-refractivity contribution in [3.05, 3.63) is 0 Å². The van der Waals surface area contributed by atoms with Gasteiger partial charge in [-0.25, -0.2) is 0 Å². The lowest BCUT2D eigenvalue weighted by Gasteiger charge is -2.28. The lowest BCUT2D eigenvalue weighted by Crippen LogP contribution is -2.53. The number of ether oxygens (including phenoxy) is 1. The summed E-state index contributed by atoms with van der Waals surface area (Å²) in [4.78, 5) is 23.9. The minimum absolute atomic E-state index is 0.0187. The molecule has 0 spiro atoms. The van der Waals surface area contributed by atoms with E-state index in [0.717, 1.165) is 0 Å². The summed E-state index contributed by atoms with van der Waals surface area (Å²) in [7, 11) is 0. The molecule has 1 saturated heterocycles. The Labute approximate surface area is 83.4 Å². The van der Waals surface area contributed by atoms with Gasteiger partial charge in [0.05, 0.1) is 19.2 Å². The highest BCUT2D eigenvalue weighted by Crippen LogP contribution is 2.00. The Morgan fingerprint density at radius 1 is 1.57 bits per heavy atom. The second-order valence-corrected chi connectivity index (χ2v) is 3.32. The Morgan fingerprint density at radius 3 is 2.93 bits per heavy atom. The lowest BCUT2D eigenvalue weighted by molar-refractivity contribution is -0.142. The van der Waals surface area contributed by atoms with Crippen molar-refractivity contribution in [1.82, 2.24) is 10.2 Å². The molecule has 1 aliphatic heterocycles. The van der Waals surface area contributed by atoms with Gasteiger partial charge in [-0.3, -0.25) is 9.59 Å². The average Bonchev–Trinajstić information content (AvgIpc) is 2.12. The fourth-order valence-electron chi connectivity index (χ4n) is 1.42. The number of hydrogen-bond donors (Lipinski definition) is 1. The Kier molecular flexibility index (Phi) is 3.88. The molecular weight excluding hydrogens is 184 g/mol. The topological polar surface area (TPSA) is 58.6 Å². The molecular formula is C9H16N2O3. The van der Waals surface area contributed by atoms with Gasteiger partial charge < -0.3 is 15.0 Å². The van der Waals surface area contributed by atoms with Gasteiger partial charge in [0.2, 0.25) is 11.8 Å². The predicted molar refractivity (Wildman–Crippen MR) is 50.7 cm³/mol. The molecule has 14 heavy (non-hydrogen) atoms. The number of rotatable bonds is 4. The molecule has 0 bridgehead atoms. The van der Waals surface area contributed by atoms with Crippen LogP contribution >= 0.6 is 0 Å². The van der Waals surface area contributed by atoms with Gasteiger partial charge in [-0.1, -0.05) is 0 Å². The van der Waals surface area contributed by atoms with Crippen molar-refractivity contribution in [2.45, 2.75) is 20.0 Å². The van der Waals surface area contributed by atoms with Crippen molar-refractivity contribution < 1.29 is 14.3 Å². The third-order valence-electron chi connectivity index (χ3n) is 2.05. The molecule has 0 aromatic rings. The number of piperazine rings is 1. The SMILES string of the molecule is CCOC(C)CN1CC(=O)NCC1=O. The third kappa shape index (κ3) is 2.99. The van der Waals surface area contributed by atoms with Crippen LogP contribution in [0.5, 0.6) is 0 Å². The Morgan fingerprint density at radius 2 is 2.29 bits per heavy atom. The lowest BCUT2D eigenvalue weighted by atomic mass is 10.3. The van der Waals surface area contributed by atoms with Crippen molar-refractivity contribution in [2.75, 3.05) is 26.2 Å². The number of amides is 2. The van der Waals surface area contributed by atoms with Gasteiger partial charge in [0, 0.05) is 13.2 Å². The van der Waals surface area contributed by atoms with E-state index >= 15 is 0 Å². The number of hydrogen-bond acceptors (Lipinski definition) is 3. The first-order valence-electron chi connectivity index (χ1n) is 4.79. The highest BCUT2D eigenvalue weighted by atomic mass is 16.5. The van der Waals surface area contributed by atoms with Crippen LogP contribution in [-0.2, 0) is 14.3 Å². The van der Waals surface area contributed by atoms with Crippen molar-refractivity contribution in [2.24, 2.45) is 0 Å². The second-order valence-electron chi connectivity index (χ2n) is 3.32. The van der Waals surface area contributed by atoms with Crippen LogP contribution in [0.3, 0.4) is 0 Å². The molecule has 5 heteroatoms. The maximum atomic E-state index is 11.3. The number of carbonyl (C=O) groups excluding carboxylic acids is 2. The molecule has 0 aromatic carbocycles. The van der Waals surface area contributed by atoms with Crippen molar-refractivity contribution in [1.29, 1.82) is 0 Å². The van der Waals surface area contributed by atoms with Gasteiger partial charge in [0.1, 0.15) is 0 Å². The molecule has 2 amide bonds. The van der Waals surface area contributed by atoms with Gasteiger partial charge >= 0.3 is 0 Å². The van der Waals surface area contributed by atoms with Gasteiger partial charge in [0.15, 0.2) is 0 Å². The minimum Gasteiger partial charge on any atom is -0.377 e. The molecule has 0 aliphatic carbocycles. The molecule has 80 valence electrons. The molecule has 0 saturated carbocycles. The van der Waals surface area contributed by atoms with Crippen LogP contribution in [0.4, 0.5) is 0 Å². The summed E-state index contributed by atoms with van der Waals surface area (Å²) in [6.07, 6.45) is -0.0187. The first kappa shape index (κ1) is 11.0. The predicted octanol–water partition coefficient (Wildman–Crippen LogP) is -0.630. The van der Waals surface area contributed by atoms with E-state index in [9.17, 15) is 9.59 Å². The fourth-order valence-corrected chi connectivity index (χ4v) is 1.42. The summed E-state index contributed by atoms with van der Waals surface area (Å²) in [6, 6.07) is 0. The fraction of sp³-hybridized carbons (Fsp3) is 0.778. The number of nitrogens with zero attached hydrogens (tertiary/aromatic N) is 1. The van der Waals surface area contributed by atoms with Crippen molar-refractivity contribution in [3.8, 4) is 0 Å². The summed E-state index contributed by atoms with van der Waals surface area (Å²) < 4.78 is 5.30. The summed E-state index contributed by atoms with van der Waals surface area (Å²) in [5.41, 5.74) is 0. The Bertz CT molecular complexity index is 230. The smallest absolute Gasteiger partial charge is 0.242 e. The zero-order valence-corrected chi connectivity index (χ0v) is 8.58. The zero-order chi connectivity index (χ0) is 10.6. The van der Waals surface area contributed by atoms with Crippen LogP contribution in [0, 0.1) is 0 Å². The molecule has 1 unspecified atom stereocenters. The van der Waals surface area contributed by atoms with Crippen molar-refractivity contribution >= 4 is 11.8 Å². The zero-order valence-electron chi connectivity index (χ0n) is 8.58. The second kappa shape index (κ2) is 4.95. The Hall–Kier alpha value is -1.10. The Balaban J connectivity index is 2.41. The molecule has 1 rings (SSSR count). The molecule has 0 aromatic heterocycles. The van der Waals surface area contributed by atoms with Crippen LogP contribution in [-0.4, -0.2) is 49.1 Å². The van der Waals surface area contributed by atoms with E-state index in [0.29, 0.717) is 13.2 Å². The normalized spacial score (nSPS) is 19.4. The molecule has 5 nitrogen and oxygen atoms in total. The molecule has 1 atom stereocenters. The number of nitrogens with one attached hydrogen (secondary N) is 1. The standard InChI is InChI=1S/C9H16N2O3/c1-3-14-7(2)5-11-6-8(12)10-4-9(11)13/h7H,3-6H2,1-2H3,(H,10,12). The molecule has 1 heterocycles. The van der Waals surface area contributed by atoms with Gasteiger partial charge in [-0.2, -0.15) is 0 Å². The van der Waals surface area contributed by atoms with E-state index < -0.39 is 0 Å². The van der Waals surface area contributed by atoms with Crippen LogP contribution in [0.2, 0.25) is 0 Å². The van der Waals surface area contributed by atoms with Gasteiger partial charge in [-0.05, 0) is 13.8 Å². The van der Waals surface area contributed by atoms with Crippen LogP contribution in [0.15, 0.2) is 0 Å². The van der Waals surface area contributed by atoms with E-state index in [2.05, 4.69) is 5.32 Å². The average molecular weight is 200 g/mol. The molecule has 0 radical (unpaired) electrons.